The number of aromatic hydroxyl groups is 1. The number of carbonyl (C=O) groups is 1. The van der Waals surface area contributed by atoms with Crippen LogP contribution in [0.5, 0.6) is 5.75 Å². The van der Waals surface area contributed by atoms with Crippen molar-refractivity contribution in [3.8, 4) is 28.0 Å². The lowest BCUT2D eigenvalue weighted by molar-refractivity contribution is 0.0697. The lowest BCUT2D eigenvalue weighted by Crippen LogP contribution is -2.00. The van der Waals surface area contributed by atoms with Gasteiger partial charge in [-0.25, -0.2) is 4.79 Å². The molecule has 3 heteroatoms. The minimum Gasteiger partial charge on any atom is -0.508 e. The number of fused-ring (bicyclic) bond motifs is 3. The summed E-state index contributed by atoms with van der Waals surface area (Å²) in [6, 6.07) is 18.4. The van der Waals surface area contributed by atoms with Gasteiger partial charge in [0.25, 0.3) is 0 Å². The number of carboxylic acids is 1. The fraction of sp³-hybridized carbons (Fsp3) is 0.0500. The van der Waals surface area contributed by atoms with Crippen molar-refractivity contribution in [1.82, 2.24) is 0 Å². The number of phenolic OH excluding ortho intramolecular Hbond substituents is 1. The highest BCUT2D eigenvalue weighted by Crippen LogP contribution is 2.46. The minimum atomic E-state index is -0.950. The van der Waals surface area contributed by atoms with E-state index in [0.717, 1.165) is 27.8 Å². The summed E-state index contributed by atoms with van der Waals surface area (Å²) in [5, 5.41) is 19.7. The second kappa shape index (κ2) is 4.99. The number of hydrogen-bond acceptors (Lipinski definition) is 2. The van der Waals surface area contributed by atoms with Gasteiger partial charge in [-0.15, -0.1) is 0 Å². The zero-order valence-corrected chi connectivity index (χ0v) is 12.3. The lowest BCUT2D eigenvalue weighted by atomic mass is 9.91. The summed E-state index contributed by atoms with van der Waals surface area (Å²) < 4.78 is 0. The first-order chi connectivity index (χ1) is 11.2. The fourth-order valence-electron chi connectivity index (χ4n) is 3.36. The Morgan fingerprint density at radius 1 is 0.826 bits per heavy atom. The van der Waals surface area contributed by atoms with Crippen LogP contribution in [0.2, 0.25) is 0 Å². The van der Waals surface area contributed by atoms with E-state index in [1.807, 2.05) is 36.4 Å². The van der Waals surface area contributed by atoms with Gasteiger partial charge < -0.3 is 10.2 Å². The Bertz CT molecular complexity index is 941. The third-order valence-corrected chi connectivity index (χ3v) is 4.39. The average Bonchev–Trinajstić information content (AvgIpc) is 2.96. The smallest absolute Gasteiger partial charge is 0.336 e. The van der Waals surface area contributed by atoms with Crippen molar-refractivity contribution < 1.29 is 15.0 Å². The molecule has 0 unspecified atom stereocenters. The SMILES string of the molecule is O=C(O)c1ccccc1-c1ccc(O)c2c1-c1ccccc1C2. The van der Waals surface area contributed by atoms with Crippen LogP contribution >= 0.6 is 0 Å². The molecule has 0 aromatic heterocycles. The van der Waals surface area contributed by atoms with Gasteiger partial charge in [-0.05, 0) is 39.9 Å². The Balaban J connectivity index is 2.05. The van der Waals surface area contributed by atoms with E-state index < -0.39 is 5.97 Å². The normalized spacial score (nSPS) is 11.8. The van der Waals surface area contributed by atoms with Crippen LogP contribution in [0.25, 0.3) is 22.3 Å². The Hall–Kier alpha value is -3.07. The number of benzene rings is 3. The Morgan fingerprint density at radius 2 is 1.52 bits per heavy atom. The molecule has 0 spiro atoms. The maximum Gasteiger partial charge on any atom is 0.336 e. The number of phenols is 1. The van der Waals surface area contributed by atoms with Crippen LogP contribution in [0.1, 0.15) is 21.5 Å². The molecule has 23 heavy (non-hydrogen) atoms. The second-order valence-electron chi connectivity index (χ2n) is 5.67. The summed E-state index contributed by atoms with van der Waals surface area (Å²) in [4.78, 5) is 11.6. The van der Waals surface area contributed by atoms with Crippen molar-refractivity contribution >= 4 is 5.97 Å². The summed E-state index contributed by atoms with van der Waals surface area (Å²) in [5.41, 5.74) is 5.81. The maximum absolute atomic E-state index is 11.6. The Kier molecular flexibility index (Phi) is 2.95. The Labute approximate surface area is 133 Å². The molecule has 2 N–H and O–H groups in total. The first kappa shape index (κ1) is 13.6. The van der Waals surface area contributed by atoms with E-state index >= 15 is 0 Å². The third kappa shape index (κ3) is 2.01. The number of hydrogen-bond donors (Lipinski definition) is 2. The molecule has 0 atom stereocenters. The highest BCUT2D eigenvalue weighted by Gasteiger charge is 2.25. The van der Waals surface area contributed by atoms with Crippen molar-refractivity contribution in [3.63, 3.8) is 0 Å². The topological polar surface area (TPSA) is 57.5 Å². The number of aromatic carboxylic acids is 1. The van der Waals surface area contributed by atoms with Crippen molar-refractivity contribution in [2.24, 2.45) is 0 Å². The lowest BCUT2D eigenvalue weighted by Gasteiger charge is -2.13. The molecule has 3 nitrogen and oxygen atoms in total. The van der Waals surface area contributed by atoms with Gasteiger partial charge in [0.15, 0.2) is 0 Å². The van der Waals surface area contributed by atoms with Gasteiger partial charge in [-0.2, -0.15) is 0 Å². The highest BCUT2D eigenvalue weighted by atomic mass is 16.4. The van der Waals surface area contributed by atoms with Crippen molar-refractivity contribution in [3.05, 3.63) is 77.4 Å². The zero-order chi connectivity index (χ0) is 16.0. The predicted octanol–water partition coefficient (Wildman–Crippen LogP) is 4.33. The molecule has 0 bridgehead atoms. The summed E-state index contributed by atoms with van der Waals surface area (Å²) in [5.74, 6) is -0.693. The van der Waals surface area contributed by atoms with Crippen LogP contribution < -0.4 is 0 Å². The van der Waals surface area contributed by atoms with E-state index in [-0.39, 0.29) is 11.3 Å². The fourth-order valence-corrected chi connectivity index (χ4v) is 3.36. The quantitative estimate of drug-likeness (QED) is 0.579. The van der Waals surface area contributed by atoms with E-state index in [2.05, 4.69) is 0 Å². The number of rotatable bonds is 2. The zero-order valence-electron chi connectivity index (χ0n) is 12.3. The molecule has 112 valence electrons. The molecule has 0 fully saturated rings. The van der Waals surface area contributed by atoms with E-state index in [1.165, 1.54) is 0 Å². The van der Waals surface area contributed by atoms with E-state index in [1.54, 1.807) is 24.3 Å². The van der Waals surface area contributed by atoms with Gasteiger partial charge >= 0.3 is 5.97 Å². The minimum absolute atomic E-state index is 0.257. The van der Waals surface area contributed by atoms with Crippen molar-refractivity contribution in [1.29, 1.82) is 0 Å². The molecule has 3 aromatic rings. The first-order valence-electron chi connectivity index (χ1n) is 7.42. The number of carboxylic acid groups (broad SMARTS) is 1. The predicted molar refractivity (Wildman–Crippen MR) is 88.7 cm³/mol. The molecule has 1 aliphatic rings. The van der Waals surface area contributed by atoms with Crippen LogP contribution in [-0.2, 0) is 6.42 Å². The van der Waals surface area contributed by atoms with Crippen molar-refractivity contribution in [2.75, 3.05) is 0 Å². The Morgan fingerprint density at radius 3 is 2.30 bits per heavy atom. The first-order valence-corrected chi connectivity index (χ1v) is 7.42. The monoisotopic (exact) mass is 302 g/mol. The summed E-state index contributed by atoms with van der Waals surface area (Å²) in [7, 11) is 0. The molecule has 0 heterocycles. The van der Waals surface area contributed by atoms with Gasteiger partial charge in [0.1, 0.15) is 5.75 Å². The third-order valence-electron chi connectivity index (χ3n) is 4.39. The van der Waals surface area contributed by atoms with Crippen LogP contribution in [0.15, 0.2) is 60.7 Å². The molecule has 0 aliphatic heterocycles. The van der Waals surface area contributed by atoms with Gasteiger partial charge in [-0.1, -0.05) is 48.5 Å². The van der Waals surface area contributed by atoms with Gasteiger partial charge in [0.2, 0.25) is 0 Å². The molecular weight excluding hydrogens is 288 g/mol. The molecule has 3 aromatic carbocycles. The molecule has 0 saturated carbocycles. The molecule has 1 aliphatic carbocycles. The highest BCUT2D eigenvalue weighted by molar-refractivity contribution is 6.01. The maximum atomic E-state index is 11.6. The van der Waals surface area contributed by atoms with Gasteiger partial charge in [0.05, 0.1) is 5.56 Å². The summed E-state index contributed by atoms with van der Waals surface area (Å²) in [6.07, 6.45) is 0.667. The summed E-state index contributed by atoms with van der Waals surface area (Å²) in [6.45, 7) is 0. The van der Waals surface area contributed by atoms with Gasteiger partial charge in [0, 0.05) is 12.0 Å². The molecule has 4 rings (SSSR count). The molecule has 0 amide bonds. The van der Waals surface area contributed by atoms with E-state index in [9.17, 15) is 15.0 Å². The van der Waals surface area contributed by atoms with Crippen molar-refractivity contribution in [2.45, 2.75) is 6.42 Å². The van der Waals surface area contributed by atoms with Crippen LogP contribution in [0.4, 0.5) is 0 Å². The largest absolute Gasteiger partial charge is 0.508 e. The van der Waals surface area contributed by atoms with Crippen LogP contribution in [0, 0.1) is 0 Å². The van der Waals surface area contributed by atoms with Gasteiger partial charge in [-0.3, -0.25) is 0 Å². The van der Waals surface area contributed by atoms with E-state index in [4.69, 9.17) is 0 Å². The standard InChI is InChI=1S/C20H14O3/c21-18-10-9-15(14-7-3-4-8-16(14)20(22)23)19-13-6-2-1-5-12(13)11-17(18)19/h1-10,21H,11H2,(H,22,23). The molecule has 0 saturated heterocycles. The molecule has 0 radical (unpaired) electrons. The molecular formula is C20H14O3. The average molecular weight is 302 g/mol. The van der Waals surface area contributed by atoms with E-state index in [0.29, 0.717) is 12.0 Å². The van der Waals surface area contributed by atoms with Crippen LogP contribution in [0.3, 0.4) is 0 Å². The summed E-state index contributed by atoms with van der Waals surface area (Å²) >= 11 is 0. The van der Waals surface area contributed by atoms with Crippen LogP contribution in [-0.4, -0.2) is 16.2 Å². The second-order valence-corrected chi connectivity index (χ2v) is 5.67.